The molecule has 2 aromatic carbocycles. The first-order valence-electron chi connectivity index (χ1n) is 10.4. The zero-order valence-electron chi connectivity index (χ0n) is 18.5. The van der Waals surface area contributed by atoms with Gasteiger partial charge < -0.3 is 10.2 Å². The molecule has 2 rings (SSSR count). The molecule has 1 N–H and O–H groups in total. The van der Waals surface area contributed by atoms with Crippen LogP contribution in [0, 0.1) is 6.92 Å². The normalized spacial score (nSPS) is 12.0. The maximum atomic E-state index is 13.2. The van der Waals surface area contributed by atoms with Crippen molar-refractivity contribution in [3.8, 4) is 0 Å². The molecule has 0 fully saturated rings. The summed E-state index contributed by atoms with van der Waals surface area (Å²) >= 11 is 13.9. The number of thioether (sulfide) groups is 1. The van der Waals surface area contributed by atoms with E-state index in [0.717, 1.165) is 16.7 Å². The molecule has 7 heteroatoms. The van der Waals surface area contributed by atoms with E-state index in [2.05, 4.69) is 5.32 Å². The Hall–Kier alpha value is -1.69. The number of benzene rings is 2. The maximum absolute atomic E-state index is 13.2. The van der Waals surface area contributed by atoms with E-state index in [4.69, 9.17) is 23.2 Å². The van der Waals surface area contributed by atoms with Crippen molar-refractivity contribution < 1.29 is 9.59 Å². The van der Waals surface area contributed by atoms with Crippen LogP contribution in [0.5, 0.6) is 0 Å². The van der Waals surface area contributed by atoms with Gasteiger partial charge in [-0.25, -0.2) is 0 Å². The molecular weight excluding hydrogens is 451 g/mol. The summed E-state index contributed by atoms with van der Waals surface area (Å²) in [5.41, 5.74) is 2.96. The van der Waals surface area contributed by atoms with E-state index < -0.39 is 6.04 Å². The smallest absolute Gasteiger partial charge is 0.243 e. The van der Waals surface area contributed by atoms with Gasteiger partial charge in [0.1, 0.15) is 6.04 Å². The minimum Gasteiger partial charge on any atom is -0.352 e. The molecule has 1 atom stereocenters. The largest absolute Gasteiger partial charge is 0.352 e. The van der Waals surface area contributed by atoms with Crippen LogP contribution < -0.4 is 5.32 Å². The van der Waals surface area contributed by atoms with Crippen molar-refractivity contribution in [3.63, 3.8) is 0 Å². The molecule has 0 aliphatic rings. The molecule has 0 radical (unpaired) electrons. The summed E-state index contributed by atoms with van der Waals surface area (Å²) in [5, 5.41) is 4.13. The Morgan fingerprint density at radius 3 is 2.23 bits per heavy atom. The molecule has 4 nitrogen and oxygen atoms in total. The van der Waals surface area contributed by atoms with Gasteiger partial charge in [-0.15, -0.1) is 11.8 Å². The maximum Gasteiger partial charge on any atom is 0.243 e. The summed E-state index contributed by atoms with van der Waals surface area (Å²) in [6.45, 7) is 8.17. The highest BCUT2D eigenvalue weighted by Gasteiger charge is 2.28. The Morgan fingerprint density at radius 2 is 1.68 bits per heavy atom. The van der Waals surface area contributed by atoms with Crippen LogP contribution in [0.4, 0.5) is 0 Å². The van der Waals surface area contributed by atoms with Gasteiger partial charge in [-0.05, 0) is 50.5 Å². The van der Waals surface area contributed by atoms with Crippen LogP contribution in [-0.4, -0.2) is 34.6 Å². The van der Waals surface area contributed by atoms with E-state index in [1.807, 2.05) is 52.0 Å². The number of carbonyl (C=O) groups excluding carboxylic acids is 2. The van der Waals surface area contributed by atoms with Gasteiger partial charge in [0.05, 0.1) is 5.75 Å². The van der Waals surface area contributed by atoms with Crippen LogP contribution in [0.15, 0.2) is 42.5 Å². The number of hydrogen-bond acceptors (Lipinski definition) is 3. The summed E-state index contributed by atoms with van der Waals surface area (Å²) < 4.78 is 0. The third-order valence-corrected chi connectivity index (χ3v) is 6.48. The van der Waals surface area contributed by atoms with Crippen molar-refractivity contribution in [3.05, 3.63) is 69.2 Å². The van der Waals surface area contributed by atoms with Gasteiger partial charge in [0, 0.05) is 28.4 Å². The Kier molecular flexibility index (Phi) is 10.2. The zero-order valence-corrected chi connectivity index (χ0v) is 20.8. The standard InChI is InChI=1S/C24H30Cl2N2O2S/c1-5-22(24(30)27-16(2)3)28(13-18-11-9-17(4)10-12-18)23(29)15-31-14-19-20(25)7-6-8-21(19)26/h6-12,16,22H,5,13-15H2,1-4H3,(H,27,30)/t22-/m0/s1. The second-order valence-electron chi connectivity index (χ2n) is 7.79. The number of aryl methyl sites for hydroxylation is 1. The molecule has 0 aliphatic heterocycles. The number of halogens is 2. The Bertz CT molecular complexity index is 867. The van der Waals surface area contributed by atoms with E-state index in [9.17, 15) is 9.59 Å². The average Bonchev–Trinajstić information content (AvgIpc) is 2.70. The molecule has 0 heterocycles. The Morgan fingerprint density at radius 1 is 1.06 bits per heavy atom. The first kappa shape index (κ1) is 25.6. The van der Waals surface area contributed by atoms with Gasteiger partial charge in [-0.1, -0.05) is 66.0 Å². The summed E-state index contributed by atoms with van der Waals surface area (Å²) in [6.07, 6.45) is 0.539. The third-order valence-electron chi connectivity index (χ3n) is 4.82. The topological polar surface area (TPSA) is 49.4 Å². The number of hydrogen-bond donors (Lipinski definition) is 1. The third kappa shape index (κ3) is 7.74. The second-order valence-corrected chi connectivity index (χ2v) is 9.59. The van der Waals surface area contributed by atoms with E-state index in [1.54, 1.807) is 23.1 Å². The quantitative estimate of drug-likeness (QED) is 0.462. The van der Waals surface area contributed by atoms with Crippen molar-refractivity contribution in [2.24, 2.45) is 0 Å². The summed E-state index contributed by atoms with van der Waals surface area (Å²) in [5.74, 6) is 0.549. The molecule has 0 saturated carbocycles. The van der Waals surface area contributed by atoms with Crippen LogP contribution in [-0.2, 0) is 21.9 Å². The van der Waals surface area contributed by atoms with E-state index in [1.165, 1.54) is 11.8 Å². The fourth-order valence-corrected chi connectivity index (χ4v) is 4.83. The predicted molar refractivity (Wildman–Crippen MR) is 132 cm³/mol. The summed E-state index contributed by atoms with van der Waals surface area (Å²) in [4.78, 5) is 27.7. The number of nitrogens with one attached hydrogen (secondary N) is 1. The first-order valence-corrected chi connectivity index (χ1v) is 12.3. The molecule has 31 heavy (non-hydrogen) atoms. The Labute approximate surface area is 199 Å². The molecule has 0 unspecified atom stereocenters. The van der Waals surface area contributed by atoms with Crippen molar-refractivity contribution >= 4 is 46.8 Å². The lowest BCUT2D eigenvalue weighted by atomic mass is 10.1. The lowest BCUT2D eigenvalue weighted by molar-refractivity contribution is -0.139. The molecule has 0 spiro atoms. The predicted octanol–water partition coefficient (Wildman–Crippen LogP) is 5.87. The molecule has 0 aliphatic carbocycles. The monoisotopic (exact) mass is 480 g/mol. The van der Waals surface area contributed by atoms with Crippen molar-refractivity contribution in [1.82, 2.24) is 10.2 Å². The van der Waals surface area contributed by atoms with Crippen LogP contribution >= 0.6 is 35.0 Å². The lowest BCUT2D eigenvalue weighted by Gasteiger charge is -2.31. The van der Waals surface area contributed by atoms with Crippen molar-refractivity contribution in [2.45, 2.75) is 58.5 Å². The highest BCUT2D eigenvalue weighted by atomic mass is 35.5. The number of nitrogens with zero attached hydrogens (tertiary/aromatic N) is 1. The van der Waals surface area contributed by atoms with E-state index in [-0.39, 0.29) is 23.6 Å². The zero-order chi connectivity index (χ0) is 23.0. The lowest BCUT2D eigenvalue weighted by Crippen LogP contribution is -2.50. The molecular formula is C24H30Cl2N2O2S. The van der Waals surface area contributed by atoms with Crippen LogP contribution in [0.1, 0.15) is 43.9 Å². The molecule has 0 saturated heterocycles. The van der Waals surface area contributed by atoms with Gasteiger partial charge in [0.25, 0.3) is 0 Å². The van der Waals surface area contributed by atoms with Crippen LogP contribution in [0.3, 0.4) is 0 Å². The molecule has 0 aromatic heterocycles. The summed E-state index contributed by atoms with van der Waals surface area (Å²) in [6, 6.07) is 12.9. The first-order chi connectivity index (χ1) is 14.7. The molecule has 2 aromatic rings. The van der Waals surface area contributed by atoms with Gasteiger partial charge in [0.15, 0.2) is 0 Å². The minimum atomic E-state index is -0.527. The fraction of sp³-hybridized carbons (Fsp3) is 0.417. The van der Waals surface area contributed by atoms with Crippen LogP contribution in [0.2, 0.25) is 10.0 Å². The SMILES string of the molecule is CC[C@@H](C(=O)NC(C)C)N(Cc1ccc(C)cc1)C(=O)CSCc1c(Cl)cccc1Cl. The van der Waals surface area contributed by atoms with Gasteiger partial charge in [0.2, 0.25) is 11.8 Å². The highest BCUT2D eigenvalue weighted by molar-refractivity contribution is 7.99. The highest BCUT2D eigenvalue weighted by Crippen LogP contribution is 2.28. The number of carbonyl (C=O) groups is 2. The van der Waals surface area contributed by atoms with Gasteiger partial charge in [-0.2, -0.15) is 0 Å². The molecule has 0 bridgehead atoms. The van der Waals surface area contributed by atoms with Gasteiger partial charge >= 0.3 is 0 Å². The number of amides is 2. The summed E-state index contributed by atoms with van der Waals surface area (Å²) in [7, 11) is 0. The number of rotatable bonds is 10. The van der Waals surface area contributed by atoms with Gasteiger partial charge in [-0.3, -0.25) is 9.59 Å². The second kappa shape index (κ2) is 12.4. The molecule has 168 valence electrons. The van der Waals surface area contributed by atoms with Crippen molar-refractivity contribution in [2.75, 3.05) is 5.75 Å². The van der Waals surface area contributed by atoms with E-state index >= 15 is 0 Å². The average molecular weight is 481 g/mol. The Balaban J connectivity index is 2.16. The minimum absolute atomic E-state index is 0.00890. The van der Waals surface area contributed by atoms with E-state index in [0.29, 0.717) is 28.8 Å². The fourth-order valence-electron chi connectivity index (χ4n) is 3.18. The van der Waals surface area contributed by atoms with Crippen LogP contribution in [0.25, 0.3) is 0 Å². The molecule has 2 amide bonds. The van der Waals surface area contributed by atoms with Crippen molar-refractivity contribution in [1.29, 1.82) is 0 Å².